The molecule has 1 fully saturated rings. The average Bonchev–Trinajstić information content (AvgIpc) is 2.85. The molecule has 2 heterocycles. The summed E-state index contributed by atoms with van der Waals surface area (Å²) in [4.78, 5) is 21.4. The second kappa shape index (κ2) is 10.2. The number of phenolic OH excluding ortho intramolecular Hbond substituents is 1. The number of benzene rings is 2. The Hall–Kier alpha value is -3.50. The average molecular weight is 483 g/mol. The monoisotopic (exact) mass is 482 g/mol. The normalized spacial score (nSPS) is 15.1. The maximum absolute atomic E-state index is 12.9. The standard InChI is InChI=1S/C24H26N4O5S/c1-2-33-21-6-8-22(9-7-21)34(31,32)28-12-10-17(11-13-28)24(30)27-19-15-25-23(26-16-19)18-4-3-5-20(29)14-18/h3-9,14-17,29H,2,10-13H2,1H3,(H,27,30). The van der Waals surface area contributed by atoms with Gasteiger partial charge in [0.1, 0.15) is 11.5 Å². The Morgan fingerprint density at radius 3 is 2.41 bits per heavy atom. The summed E-state index contributed by atoms with van der Waals surface area (Å²) >= 11 is 0. The van der Waals surface area contributed by atoms with Gasteiger partial charge in [0.2, 0.25) is 15.9 Å². The maximum Gasteiger partial charge on any atom is 0.243 e. The molecule has 1 saturated heterocycles. The Balaban J connectivity index is 1.33. The first-order chi connectivity index (χ1) is 16.4. The summed E-state index contributed by atoms with van der Waals surface area (Å²) in [7, 11) is -3.63. The van der Waals surface area contributed by atoms with Crippen LogP contribution in [0.15, 0.2) is 65.8 Å². The summed E-state index contributed by atoms with van der Waals surface area (Å²) in [6.07, 6.45) is 3.86. The lowest BCUT2D eigenvalue weighted by atomic mass is 9.97. The van der Waals surface area contributed by atoms with Gasteiger partial charge < -0.3 is 15.2 Å². The van der Waals surface area contributed by atoms with E-state index in [0.29, 0.717) is 42.3 Å². The molecule has 0 bridgehead atoms. The number of nitrogens with zero attached hydrogens (tertiary/aromatic N) is 3. The van der Waals surface area contributed by atoms with E-state index in [9.17, 15) is 18.3 Å². The molecule has 178 valence electrons. The van der Waals surface area contributed by atoms with Crippen LogP contribution in [0.5, 0.6) is 11.5 Å². The third-order valence-electron chi connectivity index (χ3n) is 5.62. The van der Waals surface area contributed by atoms with Gasteiger partial charge in [-0.2, -0.15) is 4.31 Å². The molecular weight excluding hydrogens is 456 g/mol. The molecule has 4 rings (SSSR count). The van der Waals surface area contributed by atoms with Crippen LogP contribution in [0.3, 0.4) is 0 Å². The van der Waals surface area contributed by atoms with Crippen molar-refractivity contribution in [2.24, 2.45) is 5.92 Å². The van der Waals surface area contributed by atoms with Crippen molar-refractivity contribution in [3.8, 4) is 22.9 Å². The molecule has 3 aromatic rings. The third-order valence-corrected chi connectivity index (χ3v) is 7.53. The predicted octanol–water partition coefficient (Wildman–Crippen LogP) is 3.29. The maximum atomic E-state index is 12.9. The molecule has 1 amide bonds. The van der Waals surface area contributed by atoms with E-state index in [1.54, 1.807) is 48.5 Å². The third kappa shape index (κ3) is 5.35. The minimum Gasteiger partial charge on any atom is -0.508 e. The molecule has 0 unspecified atom stereocenters. The number of carbonyl (C=O) groups excluding carboxylic acids is 1. The molecular formula is C24H26N4O5S. The van der Waals surface area contributed by atoms with Gasteiger partial charge >= 0.3 is 0 Å². The zero-order chi connectivity index (χ0) is 24.1. The number of amides is 1. The van der Waals surface area contributed by atoms with Crippen LogP contribution in [0.1, 0.15) is 19.8 Å². The number of nitrogens with one attached hydrogen (secondary N) is 1. The van der Waals surface area contributed by atoms with Crippen LogP contribution < -0.4 is 10.1 Å². The Bertz CT molecular complexity index is 1240. The number of anilines is 1. The van der Waals surface area contributed by atoms with Gasteiger partial charge in [0.25, 0.3) is 0 Å². The molecule has 0 atom stereocenters. The van der Waals surface area contributed by atoms with E-state index < -0.39 is 10.0 Å². The SMILES string of the molecule is CCOc1ccc(S(=O)(=O)N2CCC(C(=O)Nc3cnc(-c4cccc(O)c4)nc3)CC2)cc1. The van der Waals surface area contributed by atoms with E-state index in [0.717, 1.165) is 0 Å². The molecule has 9 nitrogen and oxygen atoms in total. The summed E-state index contributed by atoms with van der Waals surface area (Å²) in [5.74, 6) is 0.677. The molecule has 0 aliphatic carbocycles. The number of piperidine rings is 1. The fourth-order valence-electron chi connectivity index (χ4n) is 3.81. The summed E-state index contributed by atoms with van der Waals surface area (Å²) in [5.41, 5.74) is 1.12. The largest absolute Gasteiger partial charge is 0.508 e. The van der Waals surface area contributed by atoms with Crippen LogP contribution in [0, 0.1) is 5.92 Å². The number of phenols is 1. The molecule has 1 aliphatic heterocycles. The quantitative estimate of drug-likeness (QED) is 0.530. The number of hydrogen-bond donors (Lipinski definition) is 2. The minimum absolute atomic E-state index is 0.120. The Labute approximate surface area is 198 Å². The van der Waals surface area contributed by atoms with Crippen LogP contribution in [-0.4, -0.2) is 53.4 Å². The van der Waals surface area contributed by atoms with E-state index in [4.69, 9.17) is 4.74 Å². The van der Waals surface area contributed by atoms with Gasteiger partial charge in [-0.25, -0.2) is 18.4 Å². The summed E-state index contributed by atoms with van der Waals surface area (Å²) in [6.45, 7) is 2.90. The van der Waals surface area contributed by atoms with Crippen LogP contribution in [-0.2, 0) is 14.8 Å². The van der Waals surface area contributed by atoms with Crippen LogP contribution in [0.25, 0.3) is 11.4 Å². The molecule has 0 spiro atoms. The van der Waals surface area contributed by atoms with Crippen LogP contribution >= 0.6 is 0 Å². The first-order valence-corrected chi connectivity index (χ1v) is 12.5. The zero-order valence-electron chi connectivity index (χ0n) is 18.7. The van der Waals surface area contributed by atoms with E-state index in [1.165, 1.54) is 16.7 Å². The fourth-order valence-corrected chi connectivity index (χ4v) is 5.28. The number of aromatic hydroxyl groups is 1. The van der Waals surface area contributed by atoms with Gasteiger partial charge in [-0.3, -0.25) is 4.79 Å². The lowest BCUT2D eigenvalue weighted by Gasteiger charge is -2.30. The van der Waals surface area contributed by atoms with Gasteiger partial charge in [-0.05, 0) is 56.2 Å². The zero-order valence-corrected chi connectivity index (χ0v) is 19.5. The first kappa shape index (κ1) is 23.7. The highest BCUT2D eigenvalue weighted by atomic mass is 32.2. The van der Waals surface area contributed by atoms with Crippen LogP contribution in [0.4, 0.5) is 5.69 Å². The molecule has 0 saturated carbocycles. The molecule has 1 aromatic heterocycles. The second-order valence-corrected chi connectivity index (χ2v) is 9.86. The van der Waals surface area contributed by atoms with Gasteiger partial charge in [0.15, 0.2) is 5.82 Å². The highest BCUT2D eigenvalue weighted by Crippen LogP contribution is 2.26. The van der Waals surface area contributed by atoms with Crippen molar-refractivity contribution in [3.63, 3.8) is 0 Å². The number of sulfonamides is 1. The smallest absolute Gasteiger partial charge is 0.243 e. The van der Waals surface area contributed by atoms with Crippen molar-refractivity contribution in [1.82, 2.24) is 14.3 Å². The van der Waals surface area contributed by atoms with E-state index in [1.807, 2.05) is 6.92 Å². The van der Waals surface area contributed by atoms with E-state index in [-0.39, 0.29) is 35.6 Å². The molecule has 1 aliphatic rings. The van der Waals surface area contributed by atoms with Crippen molar-refractivity contribution in [2.75, 3.05) is 25.0 Å². The summed E-state index contributed by atoms with van der Waals surface area (Å²) in [5, 5.41) is 12.4. The molecule has 0 radical (unpaired) electrons. The van der Waals surface area contributed by atoms with E-state index >= 15 is 0 Å². The Morgan fingerprint density at radius 1 is 1.12 bits per heavy atom. The van der Waals surface area contributed by atoms with Gasteiger partial charge in [-0.15, -0.1) is 0 Å². The van der Waals surface area contributed by atoms with Crippen molar-refractivity contribution < 1.29 is 23.1 Å². The van der Waals surface area contributed by atoms with Crippen molar-refractivity contribution in [1.29, 1.82) is 0 Å². The summed E-state index contributed by atoms with van der Waals surface area (Å²) in [6, 6.07) is 13.0. The lowest BCUT2D eigenvalue weighted by Crippen LogP contribution is -2.41. The first-order valence-electron chi connectivity index (χ1n) is 11.0. The van der Waals surface area contributed by atoms with Gasteiger partial charge in [0.05, 0.1) is 29.6 Å². The van der Waals surface area contributed by atoms with E-state index in [2.05, 4.69) is 15.3 Å². The molecule has 2 N–H and O–H groups in total. The number of ether oxygens (including phenoxy) is 1. The molecule has 34 heavy (non-hydrogen) atoms. The summed E-state index contributed by atoms with van der Waals surface area (Å²) < 4.78 is 32.7. The van der Waals surface area contributed by atoms with Crippen molar-refractivity contribution in [2.45, 2.75) is 24.7 Å². The van der Waals surface area contributed by atoms with Crippen molar-refractivity contribution >= 4 is 21.6 Å². The highest BCUT2D eigenvalue weighted by molar-refractivity contribution is 7.89. The predicted molar refractivity (Wildman–Crippen MR) is 127 cm³/mol. The molecule has 2 aromatic carbocycles. The Kier molecular flexibility index (Phi) is 7.09. The highest BCUT2D eigenvalue weighted by Gasteiger charge is 2.32. The lowest BCUT2D eigenvalue weighted by molar-refractivity contribution is -0.120. The number of carbonyl (C=O) groups is 1. The Morgan fingerprint density at radius 2 is 1.79 bits per heavy atom. The van der Waals surface area contributed by atoms with Crippen molar-refractivity contribution in [3.05, 3.63) is 60.9 Å². The second-order valence-electron chi connectivity index (χ2n) is 7.92. The molecule has 10 heteroatoms. The number of hydrogen-bond acceptors (Lipinski definition) is 7. The minimum atomic E-state index is -3.63. The van der Waals surface area contributed by atoms with Gasteiger partial charge in [-0.1, -0.05) is 12.1 Å². The van der Waals surface area contributed by atoms with Gasteiger partial charge in [0, 0.05) is 24.6 Å². The topological polar surface area (TPSA) is 122 Å². The number of rotatable bonds is 7. The van der Waals surface area contributed by atoms with Crippen LogP contribution in [0.2, 0.25) is 0 Å². The number of aromatic nitrogens is 2. The fraction of sp³-hybridized carbons (Fsp3) is 0.292.